The minimum absolute atomic E-state index is 0.0131. The molecule has 0 radical (unpaired) electrons. The van der Waals surface area contributed by atoms with Gasteiger partial charge in [-0.25, -0.2) is 4.79 Å². The predicted octanol–water partition coefficient (Wildman–Crippen LogP) is 2.50. The molecule has 0 aromatic carbocycles. The van der Waals surface area contributed by atoms with Crippen molar-refractivity contribution in [2.45, 2.75) is 57.7 Å². The van der Waals surface area contributed by atoms with Crippen molar-refractivity contribution in [1.29, 1.82) is 0 Å². The maximum absolute atomic E-state index is 12.6. The molecule has 1 aromatic heterocycles. The second kappa shape index (κ2) is 6.95. The van der Waals surface area contributed by atoms with Crippen molar-refractivity contribution in [2.75, 3.05) is 6.54 Å². The van der Waals surface area contributed by atoms with Crippen molar-refractivity contribution in [3.05, 3.63) is 24.0 Å². The fourth-order valence-corrected chi connectivity index (χ4v) is 4.26. The van der Waals surface area contributed by atoms with Crippen LogP contribution in [-0.2, 0) is 13.6 Å². The van der Waals surface area contributed by atoms with Gasteiger partial charge in [-0.15, -0.1) is 0 Å². The second-order valence-corrected chi connectivity index (χ2v) is 7.32. The van der Waals surface area contributed by atoms with E-state index >= 15 is 0 Å². The molecule has 1 aliphatic carbocycles. The second-order valence-electron chi connectivity index (χ2n) is 7.32. The van der Waals surface area contributed by atoms with Crippen LogP contribution in [0.5, 0.6) is 0 Å². The molecule has 5 heteroatoms. The Balaban J connectivity index is 1.61. The van der Waals surface area contributed by atoms with Gasteiger partial charge in [-0.05, 0) is 50.2 Å². The molecule has 128 valence electrons. The van der Waals surface area contributed by atoms with E-state index in [0.29, 0.717) is 12.5 Å². The quantitative estimate of drug-likeness (QED) is 0.899. The number of aliphatic hydroxyl groups excluding tert-OH is 1. The fraction of sp³-hybridized carbons (Fsp3) is 0.722. The number of aromatic nitrogens is 1. The molecule has 4 atom stereocenters. The Hall–Kier alpha value is -1.49. The summed E-state index contributed by atoms with van der Waals surface area (Å²) < 4.78 is 2.02. The van der Waals surface area contributed by atoms with Gasteiger partial charge in [0.2, 0.25) is 0 Å². The topological polar surface area (TPSA) is 57.5 Å². The highest BCUT2D eigenvalue weighted by atomic mass is 16.3. The summed E-state index contributed by atoms with van der Waals surface area (Å²) in [5, 5.41) is 13.4. The molecule has 2 N–H and O–H groups in total. The van der Waals surface area contributed by atoms with Crippen molar-refractivity contribution >= 4 is 6.03 Å². The van der Waals surface area contributed by atoms with E-state index in [4.69, 9.17) is 0 Å². The lowest BCUT2D eigenvalue weighted by Gasteiger charge is -2.39. The first-order valence-electron chi connectivity index (χ1n) is 8.89. The van der Waals surface area contributed by atoms with Crippen molar-refractivity contribution in [3.63, 3.8) is 0 Å². The fourth-order valence-electron chi connectivity index (χ4n) is 4.26. The minimum atomic E-state index is -0.252. The lowest BCUT2D eigenvalue weighted by atomic mass is 9.76. The van der Waals surface area contributed by atoms with Crippen LogP contribution in [0.25, 0.3) is 0 Å². The molecule has 2 amide bonds. The molecule has 1 saturated carbocycles. The number of nitrogens with zero attached hydrogens (tertiary/aromatic N) is 2. The van der Waals surface area contributed by atoms with Crippen molar-refractivity contribution in [3.8, 4) is 0 Å². The van der Waals surface area contributed by atoms with Gasteiger partial charge in [-0.1, -0.05) is 6.92 Å². The number of amides is 2. The number of aryl methyl sites for hydroxylation is 1. The molecular weight excluding hydrogens is 290 g/mol. The molecule has 1 aliphatic heterocycles. The smallest absolute Gasteiger partial charge is 0.317 e. The third-order valence-corrected chi connectivity index (χ3v) is 5.65. The van der Waals surface area contributed by atoms with Crippen LogP contribution in [0.15, 0.2) is 18.3 Å². The van der Waals surface area contributed by atoms with Crippen LogP contribution >= 0.6 is 0 Å². The largest absolute Gasteiger partial charge is 0.393 e. The zero-order valence-electron chi connectivity index (χ0n) is 14.2. The predicted molar refractivity (Wildman–Crippen MR) is 89.9 cm³/mol. The number of carbonyl (C=O) groups is 1. The molecule has 0 unspecified atom stereocenters. The number of carbonyl (C=O) groups excluding carboxylic acids is 1. The van der Waals surface area contributed by atoms with Gasteiger partial charge in [0.15, 0.2) is 0 Å². The minimum Gasteiger partial charge on any atom is -0.393 e. The summed E-state index contributed by atoms with van der Waals surface area (Å²) in [7, 11) is 1.99. The highest BCUT2D eigenvalue weighted by Gasteiger charge is 2.40. The average Bonchev–Trinajstić information content (AvgIpc) is 3.16. The molecule has 3 rings (SSSR count). The van der Waals surface area contributed by atoms with E-state index in [2.05, 4.69) is 12.2 Å². The van der Waals surface area contributed by atoms with E-state index < -0.39 is 0 Å². The summed E-state index contributed by atoms with van der Waals surface area (Å²) in [5.74, 6) is 0.888. The highest BCUT2D eigenvalue weighted by molar-refractivity contribution is 5.74. The Morgan fingerprint density at radius 1 is 1.39 bits per heavy atom. The maximum Gasteiger partial charge on any atom is 0.317 e. The Morgan fingerprint density at radius 3 is 2.96 bits per heavy atom. The van der Waals surface area contributed by atoms with Crippen LogP contribution in [0.4, 0.5) is 4.79 Å². The lowest BCUT2D eigenvalue weighted by molar-refractivity contribution is 0.0153. The summed E-state index contributed by atoms with van der Waals surface area (Å²) in [4.78, 5) is 14.6. The van der Waals surface area contributed by atoms with Crippen molar-refractivity contribution in [1.82, 2.24) is 14.8 Å². The molecule has 1 aromatic rings. The van der Waals surface area contributed by atoms with E-state index in [9.17, 15) is 9.90 Å². The van der Waals surface area contributed by atoms with Crippen LogP contribution in [0, 0.1) is 11.8 Å². The summed E-state index contributed by atoms with van der Waals surface area (Å²) in [5.41, 5.74) is 1.10. The van der Waals surface area contributed by atoms with Gasteiger partial charge in [0.1, 0.15) is 0 Å². The normalized spacial score (nSPS) is 31.3. The zero-order chi connectivity index (χ0) is 16.4. The van der Waals surface area contributed by atoms with Gasteiger partial charge in [0, 0.05) is 37.4 Å². The molecule has 0 bridgehead atoms. The van der Waals surface area contributed by atoms with Crippen LogP contribution in [0.2, 0.25) is 0 Å². The summed E-state index contributed by atoms with van der Waals surface area (Å²) in [6.45, 7) is 3.62. The van der Waals surface area contributed by atoms with Gasteiger partial charge < -0.3 is 19.9 Å². The summed E-state index contributed by atoms with van der Waals surface area (Å²) in [6.07, 6.45) is 6.81. The number of aliphatic hydroxyl groups is 1. The zero-order valence-corrected chi connectivity index (χ0v) is 14.2. The van der Waals surface area contributed by atoms with Crippen LogP contribution < -0.4 is 5.32 Å². The van der Waals surface area contributed by atoms with E-state index in [1.807, 2.05) is 34.8 Å². The van der Waals surface area contributed by atoms with Gasteiger partial charge >= 0.3 is 6.03 Å². The van der Waals surface area contributed by atoms with Crippen LogP contribution in [0.1, 0.15) is 44.7 Å². The number of nitrogens with one attached hydrogen (secondary N) is 1. The highest BCUT2D eigenvalue weighted by Crippen LogP contribution is 2.37. The van der Waals surface area contributed by atoms with Crippen molar-refractivity contribution < 1.29 is 9.90 Å². The number of likely N-dealkylation sites (tertiary alicyclic amines) is 1. The van der Waals surface area contributed by atoms with Gasteiger partial charge in [-0.3, -0.25) is 0 Å². The van der Waals surface area contributed by atoms with Gasteiger partial charge in [0.05, 0.1) is 12.6 Å². The SMILES string of the molecule is C[C@@H]1CC[C@H](O)[C@H]([C@H]2CCCN2C(=O)NCc2cccn2C)C1. The monoisotopic (exact) mass is 319 g/mol. The average molecular weight is 319 g/mol. The lowest BCUT2D eigenvalue weighted by Crippen LogP contribution is -2.49. The Morgan fingerprint density at radius 2 is 2.22 bits per heavy atom. The first-order valence-corrected chi connectivity index (χ1v) is 8.89. The standard InChI is InChI=1S/C18H29N3O2/c1-13-7-8-17(22)15(11-13)16-6-4-10-21(16)18(23)19-12-14-5-3-9-20(14)2/h3,5,9,13,15-17,22H,4,6-8,10-12H2,1-2H3,(H,19,23)/t13-,15+,16-,17+/m1/s1. The molecule has 2 heterocycles. The molecular formula is C18H29N3O2. The van der Waals surface area contributed by atoms with Crippen molar-refractivity contribution in [2.24, 2.45) is 18.9 Å². The van der Waals surface area contributed by atoms with Crippen LogP contribution in [-0.4, -0.2) is 39.3 Å². The molecule has 2 aliphatic rings. The van der Waals surface area contributed by atoms with E-state index in [-0.39, 0.29) is 24.1 Å². The number of hydrogen-bond donors (Lipinski definition) is 2. The first-order chi connectivity index (χ1) is 11.1. The summed E-state index contributed by atoms with van der Waals surface area (Å²) >= 11 is 0. The van der Waals surface area contributed by atoms with Crippen LogP contribution in [0.3, 0.4) is 0 Å². The number of hydrogen-bond acceptors (Lipinski definition) is 2. The number of rotatable bonds is 3. The molecule has 0 spiro atoms. The number of urea groups is 1. The Bertz CT molecular complexity index is 542. The van der Waals surface area contributed by atoms with Gasteiger partial charge in [-0.2, -0.15) is 0 Å². The Kier molecular flexibility index (Phi) is 4.95. The molecule has 2 fully saturated rings. The van der Waals surface area contributed by atoms with Gasteiger partial charge in [0.25, 0.3) is 0 Å². The van der Waals surface area contributed by atoms with E-state index in [0.717, 1.165) is 44.3 Å². The maximum atomic E-state index is 12.6. The van der Waals surface area contributed by atoms with E-state index in [1.165, 1.54) is 0 Å². The summed E-state index contributed by atoms with van der Waals surface area (Å²) in [6, 6.07) is 4.22. The third-order valence-electron chi connectivity index (χ3n) is 5.65. The third kappa shape index (κ3) is 3.55. The molecule has 1 saturated heterocycles. The Labute approximate surface area is 138 Å². The first kappa shape index (κ1) is 16.4. The van der Waals surface area contributed by atoms with E-state index in [1.54, 1.807) is 0 Å². The molecule has 23 heavy (non-hydrogen) atoms. The molecule has 5 nitrogen and oxygen atoms in total.